The van der Waals surface area contributed by atoms with Gasteiger partial charge in [-0.1, -0.05) is 19.1 Å². The van der Waals surface area contributed by atoms with Gasteiger partial charge >= 0.3 is 0 Å². The van der Waals surface area contributed by atoms with Crippen LogP contribution in [0.5, 0.6) is 0 Å². The molecule has 0 aliphatic heterocycles. The molecule has 82 valence electrons. The molecule has 0 bridgehead atoms. The predicted molar refractivity (Wildman–Crippen MR) is 60.3 cm³/mol. The van der Waals surface area contributed by atoms with Crippen LogP contribution in [0.3, 0.4) is 0 Å². The van der Waals surface area contributed by atoms with Crippen LogP contribution in [0.1, 0.15) is 39.5 Å². The highest BCUT2D eigenvalue weighted by Crippen LogP contribution is 2.31. The molecule has 0 unspecified atom stereocenters. The summed E-state index contributed by atoms with van der Waals surface area (Å²) in [6.07, 6.45) is 4.64. The van der Waals surface area contributed by atoms with E-state index in [2.05, 4.69) is 18.8 Å². The van der Waals surface area contributed by atoms with E-state index in [9.17, 15) is 5.11 Å². The maximum Gasteiger partial charge on any atom is 0.0613 e. The Balaban J connectivity index is 2.45. The maximum atomic E-state index is 9.45. The van der Waals surface area contributed by atoms with Crippen molar-refractivity contribution in [2.45, 2.75) is 45.1 Å². The first-order chi connectivity index (χ1) is 6.58. The predicted octanol–water partition coefficient (Wildman–Crippen LogP) is 2.09. The molecule has 1 rings (SSSR count). The van der Waals surface area contributed by atoms with E-state index < -0.39 is 0 Å². The largest absolute Gasteiger partial charge is 0.394 e. The Morgan fingerprint density at radius 3 is 2.50 bits per heavy atom. The minimum Gasteiger partial charge on any atom is -0.394 e. The van der Waals surface area contributed by atoms with Gasteiger partial charge in [0, 0.05) is 12.1 Å². The van der Waals surface area contributed by atoms with Crippen LogP contribution in [0.2, 0.25) is 0 Å². The standard InChI is InChI=1S/C12H23NO/c1-10(2)8-13-12(9-14)6-4-11(3)5-7-12/h11,13-14H,1,4-9H2,2-3H3. The van der Waals surface area contributed by atoms with Gasteiger partial charge in [0.15, 0.2) is 0 Å². The van der Waals surface area contributed by atoms with Crippen LogP contribution >= 0.6 is 0 Å². The number of hydrogen-bond acceptors (Lipinski definition) is 2. The first kappa shape index (κ1) is 11.7. The summed E-state index contributed by atoms with van der Waals surface area (Å²) in [5.74, 6) is 0.821. The molecule has 0 heterocycles. The van der Waals surface area contributed by atoms with Gasteiger partial charge in [0.1, 0.15) is 0 Å². The van der Waals surface area contributed by atoms with E-state index in [1.165, 1.54) is 12.8 Å². The lowest BCUT2D eigenvalue weighted by Crippen LogP contribution is -2.51. The van der Waals surface area contributed by atoms with Gasteiger partial charge in [0.25, 0.3) is 0 Å². The molecule has 0 aromatic carbocycles. The summed E-state index contributed by atoms with van der Waals surface area (Å²) in [4.78, 5) is 0. The molecule has 0 radical (unpaired) electrons. The molecule has 2 heteroatoms. The van der Waals surface area contributed by atoms with Gasteiger partial charge in [0.05, 0.1) is 6.61 Å². The maximum absolute atomic E-state index is 9.45. The van der Waals surface area contributed by atoms with Crippen LogP contribution in [0.15, 0.2) is 12.2 Å². The van der Waals surface area contributed by atoms with Crippen LogP contribution in [-0.4, -0.2) is 23.8 Å². The molecule has 0 aromatic heterocycles. The molecule has 0 aromatic rings. The van der Waals surface area contributed by atoms with Crippen molar-refractivity contribution in [1.82, 2.24) is 5.32 Å². The monoisotopic (exact) mass is 197 g/mol. The van der Waals surface area contributed by atoms with Gasteiger partial charge in [-0.25, -0.2) is 0 Å². The van der Waals surface area contributed by atoms with Gasteiger partial charge in [-0.3, -0.25) is 0 Å². The molecule has 2 N–H and O–H groups in total. The van der Waals surface area contributed by atoms with Gasteiger partial charge in [-0.05, 0) is 38.5 Å². The first-order valence-corrected chi connectivity index (χ1v) is 5.58. The van der Waals surface area contributed by atoms with Gasteiger partial charge in [-0.15, -0.1) is 0 Å². The van der Waals surface area contributed by atoms with E-state index in [4.69, 9.17) is 0 Å². The fourth-order valence-electron chi connectivity index (χ4n) is 2.04. The van der Waals surface area contributed by atoms with Gasteiger partial charge in [0.2, 0.25) is 0 Å². The van der Waals surface area contributed by atoms with Crippen LogP contribution in [0.25, 0.3) is 0 Å². The summed E-state index contributed by atoms with van der Waals surface area (Å²) >= 11 is 0. The normalized spacial score (nSPS) is 32.9. The molecule has 2 nitrogen and oxygen atoms in total. The molecule has 0 amide bonds. The Morgan fingerprint density at radius 2 is 2.07 bits per heavy atom. The molecule has 0 atom stereocenters. The summed E-state index contributed by atoms with van der Waals surface area (Å²) in [5.41, 5.74) is 1.11. The molecule has 14 heavy (non-hydrogen) atoms. The van der Waals surface area contributed by atoms with Crippen molar-refractivity contribution in [3.05, 3.63) is 12.2 Å². The molecule has 1 fully saturated rings. The number of aliphatic hydroxyl groups is 1. The Bertz CT molecular complexity index is 192. The fourth-order valence-corrected chi connectivity index (χ4v) is 2.04. The number of nitrogens with one attached hydrogen (secondary N) is 1. The number of hydrogen-bond donors (Lipinski definition) is 2. The third-order valence-corrected chi connectivity index (χ3v) is 3.30. The van der Waals surface area contributed by atoms with E-state index in [1.54, 1.807) is 0 Å². The zero-order chi connectivity index (χ0) is 10.6. The molecule has 1 saturated carbocycles. The van der Waals surface area contributed by atoms with Crippen LogP contribution in [0, 0.1) is 5.92 Å². The fraction of sp³-hybridized carbons (Fsp3) is 0.833. The molecular weight excluding hydrogens is 174 g/mol. The first-order valence-electron chi connectivity index (χ1n) is 5.58. The molecular formula is C12H23NO. The summed E-state index contributed by atoms with van der Waals surface area (Å²) < 4.78 is 0. The second-order valence-corrected chi connectivity index (χ2v) is 4.93. The van der Waals surface area contributed by atoms with E-state index in [1.807, 2.05) is 6.92 Å². The highest BCUT2D eigenvalue weighted by Gasteiger charge is 2.32. The van der Waals surface area contributed by atoms with Crippen molar-refractivity contribution in [2.75, 3.05) is 13.2 Å². The Labute approximate surface area is 87.4 Å². The van der Waals surface area contributed by atoms with Gasteiger partial charge in [-0.2, -0.15) is 0 Å². The van der Waals surface area contributed by atoms with Crippen molar-refractivity contribution in [3.8, 4) is 0 Å². The Morgan fingerprint density at radius 1 is 1.50 bits per heavy atom. The molecule has 0 spiro atoms. The van der Waals surface area contributed by atoms with Crippen molar-refractivity contribution >= 4 is 0 Å². The second-order valence-electron chi connectivity index (χ2n) is 4.93. The quantitative estimate of drug-likeness (QED) is 0.676. The van der Waals surface area contributed by atoms with E-state index in [0.717, 1.165) is 30.9 Å². The minimum absolute atomic E-state index is 0.0224. The highest BCUT2D eigenvalue weighted by atomic mass is 16.3. The lowest BCUT2D eigenvalue weighted by atomic mass is 9.77. The van der Waals surface area contributed by atoms with Crippen molar-refractivity contribution in [2.24, 2.45) is 5.92 Å². The lowest BCUT2D eigenvalue weighted by molar-refractivity contribution is 0.108. The van der Waals surface area contributed by atoms with E-state index in [-0.39, 0.29) is 12.1 Å². The number of aliphatic hydroxyl groups excluding tert-OH is 1. The van der Waals surface area contributed by atoms with Crippen molar-refractivity contribution < 1.29 is 5.11 Å². The third kappa shape index (κ3) is 3.10. The zero-order valence-electron chi connectivity index (χ0n) is 9.47. The second kappa shape index (κ2) is 4.94. The third-order valence-electron chi connectivity index (χ3n) is 3.30. The molecule has 1 aliphatic rings. The summed E-state index contributed by atoms with van der Waals surface area (Å²) in [6, 6.07) is 0. The molecule has 1 aliphatic carbocycles. The lowest BCUT2D eigenvalue weighted by Gasteiger charge is -2.39. The van der Waals surface area contributed by atoms with E-state index in [0.29, 0.717) is 0 Å². The topological polar surface area (TPSA) is 32.3 Å². The SMILES string of the molecule is C=C(C)CNC1(CO)CCC(C)CC1. The highest BCUT2D eigenvalue weighted by molar-refractivity contribution is 4.98. The smallest absolute Gasteiger partial charge is 0.0613 e. The van der Waals surface area contributed by atoms with Crippen molar-refractivity contribution in [1.29, 1.82) is 0 Å². The Kier molecular flexibility index (Phi) is 4.14. The number of rotatable bonds is 4. The summed E-state index contributed by atoms with van der Waals surface area (Å²) in [5, 5.41) is 12.9. The molecule has 0 saturated heterocycles. The average Bonchev–Trinajstić information content (AvgIpc) is 2.18. The zero-order valence-corrected chi connectivity index (χ0v) is 9.47. The van der Waals surface area contributed by atoms with Crippen molar-refractivity contribution in [3.63, 3.8) is 0 Å². The van der Waals surface area contributed by atoms with Crippen LogP contribution < -0.4 is 5.32 Å². The van der Waals surface area contributed by atoms with Crippen LogP contribution in [0.4, 0.5) is 0 Å². The summed E-state index contributed by atoms with van der Waals surface area (Å²) in [7, 11) is 0. The minimum atomic E-state index is -0.0224. The van der Waals surface area contributed by atoms with Gasteiger partial charge < -0.3 is 10.4 Å². The van der Waals surface area contributed by atoms with E-state index >= 15 is 0 Å². The van der Waals surface area contributed by atoms with Crippen LogP contribution in [-0.2, 0) is 0 Å². The summed E-state index contributed by atoms with van der Waals surface area (Å²) in [6.45, 7) is 9.27. The Hall–Kier alpha value is -0.340. The average molecular weight is 197 g/mol.